The molecule has 0 unspecified atom stereocenters. The molecule has 9 heteroatoms. The van der Waals surface area contributed by atoms with Crippen LogP contribution in [0.2, 0.25) is 0 Å². The third-order valence-electron chi connectivity index (χ3n) is 2.78. The predicted molar refractivity (Wildman–Crippen MR) is 75.2 cm³/mol. The zero-order valence-corrected chi connectivity index (χ0v) is 11.9. The van der Waals surface area contributed by atoms with Crippen LogP contribution in [-0.4, -0.2) is 13.3 Å². The summed E-state index contributed by atoms with van der Waals surface area (Å²) in [6.07, 6.45) is 0. The van der Waals surface area contributed by atoms with E-state index >= 15 is 0 Å². The zero-order chi connectivity index (χ0) is 15.6. The Morgan fingerprint density at radius 2 is 2.05 bits per heavy atom. The molecule has 0 saturated heterocycles. The molecule has 0 aliphatic rings. The van der Waals surface area contributed by atoms with Crippen molar-refractivity contribution in [2.45, 2.75) is 18.6 Å². The molecule has 1 aromatic carbocycles. The maximum absolute atomic E-state index is 11.1. The van der Waals surface area contributed by atoms with Gasteiger partial charge in [-0.25, -0.2) is 13.6 Å². The van der Waals surface area contributed by atoms with Crippen LogP contribution < -0.4 is 10.5 Å². The van der Waals surface area contributed by atoms with Crippen LogP contribution in [0.15, 0.2) is 39.8 Å². The topological polar surface area (TPSA) is 128 Å². The van der Waals surface area contributed by atoms with E-state index in [4.69, 9.17) is 9.56 Å². The molecular formula is C12H13N3O5S. The number of furan rings is 1. The van der Waals surface area contributed by atoms with Gasteiger partial charge in [-0.2, -0.15) is 0 Å². The van der Waals surface area contributed by atoms with E-state index in [2.05, 4.69) is 5.32 Å². The second kappa shape index (κ2) is 5.54. The second-order valence-corrected chi connectivity index (χ2v) is 5.87. The minimum Gasteiger partial charge on any atom is -0.446 e. The highest BCUT2D eigenvalue weighted by molar-refractivity contribution is 7.89. The molecular weight excluding hydrogens is 298 g/mol. The van der Waals surface area contributed by atoms with E-state index in [0.29, 0.717) is 17.0 Å². The van der Waals surface area contributed by atoms with Crippen LogP contribution >= 0.6 is 0 Å². The first-order chi connectivity index (χ1) is 9.77. The number of hydrogen-bond acceptors (Lipinski definition) is 6. The number of nitrogens with one attached hydrogen (secondary N) is 1. The van der Waals surface area contributed by atoms with E-state index in [-0.39, 0.29) is 17.3 Å². The van der Waals surface area contributed by atoms with Gasteiger partial charge in [0.05, 0.1) is 11.5 Å². The minimum absolute atomic E-state index is 0.0371. The van der Waals surface area contributed by atoms with Gasteiger partial charge in [0.2, 0.25) is 5.09 Å². The van der Waals surface area contributed by atoms with Crippen molar-refractivity contribution in [2.75, 3.05) is 5.32 Å². The minimum atomic E-state index is -3.86. The van der Waals surface area contributed by atoms with E-state index in [1.165, 1.54) is 18.2 Å². The lowest BCUT2D eigenvalue weighted by Gasteiger charge is -2.05. The quantitative estimate of drug-likeness (QED) is 0.639. The van der Waals surface area contributed by atoms with E-state index in [1.54, 1.807) is 19.1 Å². The Kier molecular flexibility index (Phi) is 3.96. The monoisotopic (exact) mass is 311 g/mol. The van der Waals surface area contributed by atoms with Crippen LogP contribution in [0.5, 0.6) is 0 Å². The van der Waals surface area contributed by atoms with Gasteiger partial charge in [-0.05, 0) is 31.2 Å². The van der Waals surface area contributed by atoms with Gasteiger partial charge < -0.3 is 9.73 Å². The summed E-state index contributed by atoms with van der Waals surface area (Å²) in [4.78, 5) is 10.3. The predicted octanol–water partition coefficient (Wildman–Crippen LogP) is 1.76. The van der Waals surface area contributed by atoms with Gasteiger partial charge in [-0.3, -0.25) is 10.1 Å². The van der Waals surface area contributed by atoms with E-state index < -0.39 is 14.9 Å². The number of nitro benzene ring substituents is 1. The molecule has 21 heavy (non-hydrogen) atoms. The van der Waals surface area contributed by atoms with Gasteiger partial charge in [-0.1, -0.05) is 0 Å². The molecule has 1 heterocycles. The Bertz CT molecular complexity index is 782. The average Bonchev–Trinajstić information content (AvgIpc) is 2.84. The van der Waals surface area contributed by atoms with Crippen LogP contribution in [0.1, 0.15) is 11.3 Å². The van der Waals surface area contributed by atoms with Crippen LogP contribution in [0.3, 0.4) is 0 Å². The second-order valence-electron chi connectivity index (χ2n) is 4.38. The van der Waals surface area contributed by atoms with Crippen molar-refractivity contribution in [3.05, 3.63) is 51.8 Å². The van der Waals surface area contributed by atoms with Crippen LogP contribution in [0, 0.1) is 17.0 Å². The molecule has 112 valence electrons. The number of nitrogens with two attached hydrogens (primary N) is 1. The van der Waals surface area contributed by atoms with E-state index in [0.717, 1.165) is 0 Å². The maximum atomic E-state index is 11.1. The van der Waals surface area contributed by atoms with Crippen molar-refractivity contribution in [2.24, 2.45) is 5.14 Å². The van der Waals surface area contributed by atoms with Gasteiger partial charge in [0.1, 0.15) is 5.76 Å². The van der Waals surface area contributed by atoms with Crippen LogP contribution in [0.4, 0.5) is 11.4 Å². The molecule has 0 radical (unpaired) electrons. The van der Waals surface area contributed by atoms with Gasteiger partial charge in [-0.15, -0.1) is 0 Å². The smallest absolute Gasteiger partial charge is 0.272 e. The van der Waals surface area contributed by atoms with Gasteiger partial charge in [0, 0.05) is 17.3 Å². The number of aryl methyl sites for hydroxylation is 1. The number of anilines is 1. The highest BCUT2D eigenvalue weighted by Crippen LogP contribution is 2.22. The summed E-state index contributed by atoms with van der Waals surface area (Å²) >= 11 is 0. The van der Waals surface area contributed by atoms with Crippen molar-refractivity contribution in [1.29, 1.82) is 0 Å². The fraction of sp³-hybridized carbons (Fsp3) is 0.167. The first-order valence-electron chi connectivity index (χ1n) is 5.88. The molecule has 0 amide bonds. The number of nitro groups is 1. The summed E-state index contributed by atoms with van der Waals surface area (Å²) in [6.45, 7) is 1.86. The molecule has 1 aromatic heterocycles. The third kappa shape index (κ3) is 3.58. The lowest BCUT2D eigenvalue weighted by molar-refractivity contribution is -0.385. The average molecular weight is 311 g/mol. The summed E-state index contributed by atoms with van der Waals surface area (Å²) in [6, 6.07) is 7.35. The van der Waals surface area contributed by atoms with Crippen molar-refractivity contribution in [3.8, 4) is 0 Å². The Balaban J connectivity index is 2.08. The molecule has 0 spiro atoms. The van der Waals surface area contributed by atoms with Crippen LogP contribution in [-0.2, 0) is 16.6 Å². The number of nitrogens with zero attached hydrogens (tertiary/aromatic N) is 1. The summed E-state index contributed by atoms with van der Waals surface area (Å²) < 4.78 is 27.2. The van der Waals surface area contributed by atoms with Crippen molar-refractivity contribution in [3.63, 3.8) is 0 Å². The zero-order valence-electron chi connectivity index (χ0n) is 11.1. The molecule has 8 nitrogen and oxygen atoms in total. The number of rotatable bonds is 5. The highest BCUT2D eigenvalue weighted by atomic mass is 32.2. The van der Waals surface area contributed by atoms with Gasteiger partial charge in [0.25, 0.3) is 15.7 Å². The van der Waals surface area contributed by atoms with Gasteiger partial charge in [0.15, 0.2) is 0 Å². The van der Waals surface area contributed by atoms with E-state index in [1.807, 2.05) is 0 Å². The largest absolute Gasteiger partial charge is 0.446 e. The first kappa shape index (κ1) is 15.0. The Labute approximate surface area is 120 Å². The Morgan fingerprint density at radius 3 is 2.57 bits per heavy atom. The molecule has 2 rings (SSSR count). The summed E-state index contributed by atoms with van der Waals surface area (Å²) in [5.41, 5.74) is 1.22. The number of sulfonamides is 1. The van der Waals surface area contributed by atoms with Crippen molar-refractivity contribution in [1.82, 2.24) is 0 Å². The molecule has 0 saturated carbocycles. The first-order valence-corrected chi connectivity index (χ1v) is 7.42. The molecule has 2 aromatic rings. The van der Waals surface area contributed by atoms with E-state index in [9.17, 15) is 18.5 Å². The maximum Gasteiger partial charge on any atom is 0.272 e. The summed E-state index contributed by atoms with van der Waals surface area (Å²) in [5, 5.41) is 18.3. The fourth-order valence-corrected chi connectivity index (χ4v) is 2.25. The van der Waals surface area contributed by atoms with Crippen molar-refractivity contribution >= 4 is 21.4 Å². The molecule has 0 atom stereocenters. The lowest BCUT2D eigenvalue weighted by Crippen LogP contribution is -2.10. The van der Waals surface area contributed by atoms with Crippen LogP contribution in [0.25, 0.3) is 0 Å². The fourth-order valence-electron chi connectivity index (χ4n) is 1.77. The Hall–Kier alpha value is -2.39. The number of benzene rings is 1. The SMILES string of the molecule is Cc1cc(NCc2ccc(S(N)(=O)=O)o2)ccc1[N+](=O)[O-]. The van der Waals surface area contributed by atoms with Gasteiger partial charge >= 0.3 is 0 Å². The number of hydrogen-bond donors (Lipinski definition) is 2. The molecule has 0 aliphatic carbocycles. The van der Waals surface area contributed by atoms with Crippen molar-refractivity contribution < 1.29 is 17.8 Å². The standard InChI is InChI=1S/C12H13N3O5S/c1-8-6-9(2-4-11(8)15(16)17)14-7-10-3-5-12(20-10)21(13,18)19/h2-6,14H,7H2,1H3,(H2,13,18,19). The molecule has 0 bridgehead atoms. The molecule has 3 N–H and O–H groups in total. The Morgan fingerprint density at radius 1 is 1.33 bits per heavy atom. The third-order valence-corrected chi connectivity index (χ3v) is 3.56. The molecule has 0 aliphatic heterocycles. The normalized spacial score (nSPS) is 11.3. The summed E-state index contributed by atoms with van der Waals surface area (Å²) in [7, 11) is -3.86. The lowest BCUT2D eigenvalue weighted by atomic mass is 10.2. The molecule has 0 fully saturated rings. The summed E-state index contributed by atoms with van der Waals surface area (Å²) in [5.74, 6) is 0.384. The number of primary sulfonamides is 1. The highest BCUT2D eigenvalue weighted by Gasteiger charge is 2.13.